The first-order valence-electron chi connectivity index (χ1n) is 9.48. The van der Waals surface area contributed by atoms with Crippen LogP contribution in [0.3, 0.4) is 0 Å². The minimum Gasteiger partial charge on any atom is -0.462 e. The van der Waals surface area contributed by atoms with E-state index < -0.39 is 54.1 Å². The third-order valence-electron chi connectivity index (χ3n) is 4.50. The average Bonchev–Trinajstić information content (AvgIpc) is 2.69. The molecule has 1 rings (SSSR count). The van der Waals surface area contributed by atoms with Crippen LogP contribution in [-0.4, -0.2) is 53.3 Å². The van der Waals surface area contributed by atoms with Crippen LogP contribution >= 0.6 is 0 Å². The van der Waals surface area contributed by atoms with Gasteiger partial charge in [-0.3, -0.25) is 14.4 Å². The van der Waals surface area contributed by atoms with Crippen LogP contribution in [0.4, 0.5) is 0 Å². The van der Waals surface area contributed by atoms with Crippen molar-refractivity contribution in [2.24, 2.45) is 5.92 Å². The summed E-state index contributed by atoms with van der Waals surface area (Å²) in [4.78, 5) is 48.0. The van der Waals surface area contributed by atoms with Crippen LogP contribution in [0.1, 0.15) is 40.2 Å². The van der Waals surface area contributed by atoms with E-state index in [0.717, 1.165) is 12.5 Å². The van der Waals surface area contributed by atoms with Gasteiger partial charge in [0.15, 0.2) is 11.6 Å². The van der Waals surface area contributed by atoms with Gasteiger partial charge in [-0.15, -0.1) is 0 Å². The molecule has 4 atom stereocenters. The monoisotopic (exact) mass is 423 g/mol. The number of nitrogens with one attached hydrogen (secondary N) is 1. The summed E-state index contributed by atoms with van der Waals surface area (Å²) in [6, 6.07) is 8.90. The number of rotatable bonds is 10. The zero-order chi connectivity index (χ0) is 22.9. The summed E-state index contributed by atoms with van der Waals surface area (Å²) in [7, 11) is 0. The van der Waals surface area contributed by atoms with Gasteiger partial charge in [0, 0.05) is 19.8 Å². The second-order valence-electron chi connectivity index (χ2n) is 7.24. The normalized spacial score (nSPS) is 15.7. The molecule has 0 aliphatic heterocycles. The van der Waals surface area contributed by atoms with Crippen molar-refractivity contribution < 1.29 is 38.5 Å². The number of ether oxygens (including phenoxy) is 3. The van der Waals surface area contributed by atoms with Crippen LogP contribution in [0.2, 0.25) is 0 Å². The van der Waals surface area contributed by atoms with Gasteiger partial charge in [-0.1, -0.05) is 37.3 Å². The summed E-state index contributed by atoms with van der Waals surface area (Å²) in [5.74, 6) is -3.69. The first kappa shape index (κ1) is 25.1. The molecule has 0 bridgehead atoms. The number of esters is 3. The Kier molecular flexibility index (Phi) is 9.45. The Morgan fingerprint density at radius 1 is 1.03 bits per heavy atom. The fourth-order valence-corrected chi connectivity index (χ4v) is 2.57. The maximum atomic E-state index is 12.8. The van der Waals surface area contributed by atoms with Crippen LogP contribution in [0.25, 0.3) is 0 Å². The fraction of sp³-hybridized carbons (Fsp3) is 0.524. The van der Waals surface area contributed by atoms with Crippen molar-refractivity contribution in [1.82, 2.24) is 5.32 Å². The van der Waals surface area contributed by atoms with Crippen LogP contribution in [-0.2, 0) is 40.0 Å². The van der Waals surface area contributed by atoms with E-state index in [1.807, 2.05) is 6.07 Å². The van der Waals surface area contributed by atoms with Gasteiger partial charge in [0.25, 0.3) is 5.91 Å². The van der Waals surface area contributed by atoms with Crippen molar-refractivity contribution in [1.29, 1.82) is 0 Å². The molecular weight excluding hydrogens is 394 g/mol. The molecule has 0 heterocycles. The van der Waals surface area contributed by atoms with Gasteiger partial charge in [-0.05, 0) is 19.4 Å². The van der Waals surface area contributed by atoms with Crippen molar-refractivity contribution in [3.8, 4) is 0 Å². The SMILES string of the molecule is CC(=O)O[C@H](C)[C@H](C)[C@@H](OC(C)=O)C(=O)N[C@@](C)(CO)C(=O)OCc1ccccc1. The molecule has 1 amide bonds. The summed E-state index contributed by atoms with van der Waals surface area (Å²) < 4.78 is 15.4. The van der Waals surface area contributed by atoms with E-state index in [1.54, 1.807) is 38.1 Å². The molecule has 9 nitrogen and oxygen atoms in total. The second kappa shape index (κ2) is 11.3. The molecule has 0 radical (unpaired) electrons. The van der Waals surface area contributed by atoms with Gasteiger partial charge in [-0.2, -0.15) is 0 Å². The molecule has 0 unspecified atom stereocenters. The molecule has 2 N–H and O–H groups in total. The molecular formula is C21H29NO8. The van der Waals surface area contributed by atoms with Gasteiger partial charge < -0.3 is 24.6 Å². The molecule has 0 aliphatic rings. The number of benzene rings is 1. The second-order valence-corrected chi connectivity index (χ2v) is 7.24. The van der Waals surface area contributed by atoms with Crippen molar-refractivity contribution >= 4 is 23.8 Å². The van der Waals surface area contributed by atoms with Crippen LogP contribution in [0.15, 0.2) is 30.3 Å². The number of hydrogen-bond acceptors (Lipinski definition) is 8. The Balaban J connectivity index is 2.91. The van der Waals surface area contributed by atoms with Crippen molar-refractivity contribution in [2.45, 2.75) is 59.0 Å². The summed E-state index contributed by atoms with van der Waals surface area (Å²) in [5.41, 5.74) is -1.03. The number of hydrogen-bond donors (Lipinski definition) is 2. The minimum absolute atomic E-state index is 0.0433. The van der Waals surface area contributed by atoms with Crippen molar-refractivity contribution in [3.63, 3.8) is 0 Å². The van der Waals surface area contributed by atoms with Gasteiger partial charge in [0.2, 0.25) is 0 Å². The summed E-state index contributed by atoms with van der Waals surface area (Å²) in [5, 5.41) is 12.1. The molecule has 30 heavy (non-hydrogen) atoms. The number of carbonyl (C=O) groups is 4. The predicted octanol–water partition coefficient (Wildman–Crippen LogP) is 1.12. The van der Waals surface area contributed by atoms with E-state index >= 15 is 0 Å². The van der Waals surface area contributed by atoms with Gasteiger partial charge in [0.1, 0.15) is 12.7 Å². The van der Waals surface area contributed by atoms with Crippen LogP contribution in [0, 0.1) is 5.92 Å². The standard InChI is InChI=1S/C21H29NO8/c1-13(14(2)29-15(3)24)18(30-16(4)25)19(26)22-21(5,12-23)20(27)28-11-17-9-7-6-8-10-17/h6-10,13-14,18,23H,11-12H2,1-5H3,(H,22,26)/t13-,14+,18+,21-/m0/s1. The molecule has 0 aliphatic carbocycles. The molecule has 9 heteroatoms. The third-order valence-corrected chi connectivity index (χ3v) is 4.50. The van der Waals surface area contributed by atoms with E-state index in [0.29, 0.717) is 0 Å². The Hall–Kier alpha value is -2.94. The summed E-state index contributed by atoms with van der Waals surface area (Å²) in [6.45, 7) is 5.97. The van der Waals surface area contributed by atoms with E-state index in [1.165, 1.54) is 13.8 Å². The molecule has 1 aromatic rings. The summed E-state index contributed by atoms with van der Waals surface area (Å²) in [6.07, 6.45) is -2.10. The lowest BCUT2D eigenvalue weighted by Gasteiger charge is -2.31. The van der Waals surface area contributed by atoms with Gasteiger partial charge in [0.05, 0.1) is 6.61 Å². The zero-order valence-corrected chi connectivity index (χ0v) is 17.8. The van der Waals surface area contributed by atoms with Crippen molar-refractivity contribution in [3.05, 3.63) is 35.9 Å². The van der Waals surface area contributed by atoms with E-state index in [4.69, 9.17) is 14.2 Å². The zero-order valence-electron chi connectivity index (χ0n) is 17.8. The number of aliphatic hydroxyl groups is 1. The quantitative estimate of drug-likeness (QED) is 0.423. The first-order valence-corrected chi connectivity index (χ1v) is 9.48. The molecule has 0 saturated heterocycles. The number of aliphatic hydroxyl groups excluding tert-OH is 1. The smallest absolute Gasteiger partial charge is 0.334 e. The lowest BCUT2D eigenvalue weighted by atomic mass is 9.96. The van der Waals surface area contributed by atoms with Gasteiger partial charge >= 0.3 is 17.9 Å². The van der Waals surface area contributed by atoms with Gasteiger partial charge in [-0.25, -0.2) is 4.79 Å². The molecule has 0 fully saturated rings. The lowest BCUT2D eigenvalue weighted by molar-refractivity contribution is -0.166. The van der Waals surface area contributed by atoms with E-state index in [9.17, 15) is 24.3 Å². The molecule has 166 valence electrons. The number of carbonyl (C=O) groups excluding carboxylic acids is 4. The Labute approximate surface area is 175 Å². The highest BCUT2D eigenvalue weighted by molar-refractivity contribution is 5.91. The highest BCUT2D eigenvalue weighted by Crippen LogP contribution is 2.18. The lowest BCUT2D eigenvalue weighted by Crippen LogP contribution is -2.59. The topological polar surface area (TPSA) is 128 Å². The van der Waals surface area contributed by atoms with Crippen LogP contribution < -0.4 is 5.32 Å². The van der Waals surface area contributed by atoms with E-state index in [-0.39, 0.29) is 6.61 Å². The first-order chi connectivity index (χ1) is 14.0. The molecule has 0 saturated carbocycles. The third kappa shape index (κ3) is 7.47. The Bertz CT molecular complexity index is 751. The fourth-order valence-electron chi connectivity index (χ4n) is 2.57. The highest BCUT2D eigenvalue weighted by Gasteiger charge is 2.41. The highest BCUT2D eigenvalue weighted by atomic mass is 16.6. The average molecular weight is 423 g/mol. The predicted molar refractivity (Wildman–Crippen MR) is 106 cm³/mol. The Morgan fingerprint density at radius 3 is 2.10 bits per heavy atom. The Morgan fingerprint density at radius 2 is 1.60 bits per heavy atom. The number of amides is 1. The van der Waals surface area contributed by atoms with E-state index in [2.05, 4.69) is 5.32 Å². The molecule has 1 aromatic carbocycles. The molecule has 0 spiro atoms. The van der Waals surface area contributed by atoms with Crippen molar-refractivity contribution in [2.75, 3.05) is 6.61 Å². The van der Waals surface area contributed by atoms with Crippen LogP contribution in [0.5, 0.6) is 0 Å². The maximum absolute atomic E-state index is 12.8. The largest absolute Gasteiger partial charge is 0.462 e. The maximum Gasteiger partial charge on any atom is 0.334 e. The minimum atomic E-state index is -1.77. The molecule has 0 aromatic heterocycles. The summed E-state index contributed by atoms with van der Waals surface area (Å²) >= 11 is 0.